The van der Waals surface area contributed by atoms with Gasteiger partial charge in [0.1, 0.15) is 10.9 Å². The molecule has 0 radical (unpaired) electrons. The van der Waals surface area contributed by atoms with Gasteiger partial charge in [0.05, 0.1) is 12.1 Å². The van der Waals surface area contributed by atoms with E-state index >= 15 is 0 Å². The van der Waals surface area contributed by atoms with E-state index in [9.17, 15) is 19.8 Å². The Balaban J connectivity index is 2.71. The van der Waals surface area contributed by atoms with E-state index in [1.165, 1.54) is 31.0 Å². The number of carboxylic acids is 1. The molecule has 1 rings (SSSR count). The summed E-state index contributed by atoms with van der Waals surface area (Å²) in [5.74, 6) is 0.161. The van der Waals surface area contributed by atoms with Crippen LogP contribution in [0.3, 0.4) is 0 Å². The summed E-state index contributed by atoms with van der Waals surface area (Å²) in [7, 11) is 0. The number of nitrogens with one attached hydrogen (secondary N) is 1. The maximum atomic E-state index is 12.3. The molecule has 6 nitrogen and oxygen atoms in total. The normalized spacial score (nSPS) is 19.1. The molecule has 0 aromatic rings. The SMILES string of the molecule is CC(C)C[C@H](SC[C@H](O)[C@H](CC1CCCCC1)NC(=O)OC(C)(C)C)C(=O)O. The first-order chi connectivity index (χ1) is 13.0. The predicted octanol–water partition coefficient (Wildman–Crippen LogP) is 4.44. The summed E-state index contributed by atoms with van der Waals surface area (Å²) < 4.78 is 5.36. The van der Waals surface area contributed by atoms with Crippen molar-refractivity contribution in [1.82, 2.24) is 5.32 Å². The lowest BCUT2D eigenvalue weighted by Crippen LogP contribution is -2.47. The monoisotopic (exact) mass is 417 g/mol. The number of carboxylic acid groups (broad SMARTS) is 1. The van der Waals surface area contributed by atoms with Crippen molar-refractivity contribution in [2.24, 2.45) is 11.8 Å². The van der Waals surface area contributed by atoms with E-state index in [1.807, 2.05) is 13.8 Å². The molecule has 164 valence electrons. The van der Waals surface area contributed by atoms with Gasteiger partial charge in [-0.15, -0.1) is 11.8 Å². The van der Waals surface area contributed by atoms with E-state index in [1.54, 1.807) is 20.8 Å². The second-order valence-corrected chi connectivity index (χ2v) is 10.6. The minimum Gasteiger partial charge on any atom is -0.480 e. The van der Waals surface area contributed by atoms with E-state index in [0.717, 1.165) is 12.8 Å². The molecular weight excluding hydrogens is 378 g/mol. The van der Waals surface area contributed by atoms with Gasteiger partial charge in [0, 0.05) is 5.75 Å². The lowest BCUT2D eigenvalue weighted by atomic mass is 9.84. The molecule has 3 N–H and O–H groups in total. The molecule has 0 aromatic carbocycles. The van der Waals surface area contributed by atoms with Crippen LogP contribution >= 0.6 is 11.8 Å². The highest BCUT2D eigenvalue weighted by Crippen LogP contribution is 2.29. The zero-order chi connectivity index (χ0) is 21.3. The summed E-state index contributed by atoms with van der Waals surface area (Å²) in [5.41, 5.74) is -0.606. The topological polar surface area (TPSA) is 95.9 Å². The Morgan fingerprint density at radius 1 is 1.18 bits per heavy atom. The summed E-state index contributed by atoms with van der Waals surface area (Å²) in [6.07, 6.45) is 5.74. The smallest absolute Gasteiger partial charge is 0.407 e. The number of alkyl carbamates (subject to hydrolysis) is 1. The molecule has 1 aliphatic carbocycles. The summed E-state index contributed by atoms with van der Waals surface area (Å²) in [6.45, 7) is 9.39. The Bertz CT molecular complexity index is 486. The van der Waals surface area contributed by atoms with Gasteiger partial charge in [0.15, 0.2) is 0 Å². The van der Waals surface area contributed by atoms with Gasteiger partial charge >= 0.3 is 12.1 Å². The first-order valence-electron chi connectivity index (χ1n) is 10.5. The maximum Gasteiger partial charge on any atom is 0.407 e. The van der Waals surface area contributed by atoms with Crippen LogP contribution in [-0.2, 0) is 9.53 Å². The van der Waals surface area contributed by atoms with Crippen molar-refractivity contribution in [2.45, 2.75) is 103 Å². The van der Waals surface area contributed by atoms with Crippen molar-refractivity contribution in [3.63, 3.8) is 0 Å². The fourth-order valence-corrected chi connectivity index (χ4v) is 4.88. The number of hydrogen-bond acceptors (Lipinski definition) is 5. The molecule has 1 amide bonds. The summed E-state index contributed by atoms with van der Waals surface area (Å²) in [5, 5.41) is 22.5. The highest BCUT2D eigenvalue weighted by molar-refractivity contribution is 8.00. The largest absolute Gasteiger partial charge is 0.480 e. The Morgan fingerprint density at radius 3 is 2.29 bits per heavy atom. The van der Waals surface area contributed by atoms with Crippen LogP contribution in [0.5, 0.6) is 0 Å². The number of carbonyl (C=O) groups is 2. The Morgan fingerprint density at radius 2 is 1.79 bits per heavy atom. The molecule has 0 aromatic heterocycles. The van der Waals surface area contributed by atoms with Crippen molar-refractivity contribution in [1.29, 1.82) is 0 Å². The van der Waals surface area contributed by atoms with E-state index in [4.69, 9.17) is 4.74 Å². The average molecular weight is 418 g/mol. The van der Waals surface area contributed by atoms with Crippen LogP contribution in [0.1, 0.15) is 79.6 Å². The van der Waals surface area contributed by atoms with Crippen molar-refractivity contribution >= 4 is 23.8 Å². The zero-order valence-electron chi connectivity index (χ0n) is 18.1. The molecule has 0 spiro atoms. The van der Waals surface area contributed by atoms with E-state index in [-0.39, 0.29) is 11.7 Å². The standard InChI is InChI=1S/C21H39NO5S/c1-14(2)11-18(19(24)25)28-13-17(23)16(12-15-9-7-6-8-10-15)22-20(26)27-21(3,4)5/h14-18,23H,6-13H2,1-5H3,(H,22,26)(H,24,25)/t16-,17-,18-/m0/s1. The highest BCUT2D eigenvalue weighted by atomic mass is 32.2. The molecular formula is C21H39NO5S. The first kappa shape index (κ1) is 25.1. The van der Waals surface area contributed by atoms with Gasteiger partial charge in [-0.3, -0.25) is 4.79 Å². The zero-order valence-corrected chi connectivity index (χ0v) is 18.9. The molecule has 0 unspecified atom stereocenters. The van der Waals surface area contributed by atoms with Crippen molar-refractivity contribution in [3.05, 3.63) is 0 Å². The van der Waals surface area contributed by atoms with E-state index in [2.05, 4.69) is 5.32 Å². The number of aliphatic carboxylic acids is 1. The number of ether oxygens (including phenoxy) is 1. The summed E-state index contributed by atoms with van der Waals surface area (Å²) in [4.78, 5) is 23.7. The van der Waals surface area contributed by atoms with Gasteiger partial charge in [-0.2, -0.15) is 0 Å². The predicted molar refractivity (Wildman–Crippen MR) is 114 cm³/mol. The number of amides is 1. The lowest BCUT2D eigenvalue weighted by Gasteiger charge is -2.31. The van der Waals surface area contributed by atoms with E-state index in [0.29, 0.717) is 18.8 Å². The minimum atomic E-state index is -0.852. The molecule has 0 saturated heterocycles. The number of aliphatic hydroxyl groups excluding tert-OH is 1. The van der Waals surface area contributed by atoms with E-state index < -0.39 is 35.1 Å². The fraction of sp³-hybridized carbons (Fsp3) is 0.905. The maximum absolute atomic E-state index is 12.3. The number of aliphatic hydroxyl groups is 1. The number of rotatable bonds is 10. The Labute approximate surface area is 174 Å². The average Bonchev–Trinajstić information content (AvgIpc) is 2.56. The Kier molecular flexibility index (Phi) is 10.7. The van der Waals surface area contributed by atoms with Crippen LogP contribution in [-0.4, -0.2) is 51.0 Å². The second-order valence-electron chi connectivity index (χ2n) is 9.35. The molecule has 0 aliphatic heterocycles. The molecule has 3 atom stereocenters. The van der Waals surface area contributed by atoms with Crippen LogP contribution in [0.15, 0.2) is 0 Å². The van der Waals surface area contributed by atoms with Gasteiger partial charge in [-0.05, 0) is 45.4 Å². The molecule has 1 aliphatic rings. The van der Waals surface area contributed by atoms with Crippen LogP contribution in [0, 0.1) is 11.8 Å². The number of thioether (sulfide) groups is 1. The minimum absolute atomic E-state index is 0.267. The second kappa shape index (κ2) is 11.9. The lowest BCUT2D eigenvalue weighted by molar-refractivity contribution is -0.136. The van der Waals surface area contributed by atoms with Crippen molar-refractivity contribution < 1.29 is 24.5 Å². The van der Waals surface area contributed by atoms with Crippen molar-refractivity contribution in [3.8, 4) is 0 Å². The van der Waals surface area contributed by atoms with Gasteiger partial charge in [0.25, 0.3) is 0 Å². The van der Waals surface area contributed by atoms with Gasteiger partial charge < -0.3 is 20.3 Å². The molecule has 0 bridgehead atoms. The molecule has 1 saturated carbocycles. The van der Waals surface area contributed by atoms with Gasteiger partial charge in [-0.25, -0.2) is 4.79 Å². The van der Waals surface area contributed by atoms with Crippen LogP contribution in [0.4, 0.5) is 4.79 Å². The van der Waals surface area contributed by atoms with Gasteiger partial charge in [0.2, 0.25) is 0 Å². The van der Waals surface area contributed by atoms with Crippen LogP contribution in [0.25, 0.3) is 0 Å². The van der Waals surface area contributed by atoms with Crippen LogP contribution < -0.4 is 5.32 Å². The quantitative estimate of drug-likeness (QED) is 0.486. The molecule has 1 fully saturated rings. The molecule has 7 heteroatoms. The van der Waals surface area contributed by atoms with Crippen LogP contribution in [0.2, 0.25) is 0 Å². The van der Waals surface area contributed by atoms with Gasteiger partial charge in [-0.1, -0.05) is 46.0 Å². The summed E-state index contributed by atoms with van der Waals surface area (Å²) in [6, 6.07) is -0.432. The number of carbonyl (C=O) groups excluding carboxylic acids is 1. The fourth-order valence-electron chi connectivity index (χ4n) is 3.55. The summed E-state index contributed by atoms with van der Waals surface area (Å²) >= 11 is 1.26. The third-order valence-electron chi connectivity index (χ3n) is 4.91. The highest BCUT2D eigenvalue weighted by Gasteiger charge is 2.29. The molecule has 28 heavy (non-hydrogen) atoms. The Hall–Kier alpha value is -0.950. The van der Waals surface area contributed by atoms with Crippen molar-refractivity contribution in [2.75, 3.05) is 5.75 Å². The first-order valence-corrected chi connectivity index (χ1v) is 11.5. The number of hydrogen-bond donors (Lipinski definition) is 3. The third-order valence-corrected chi connectivity index (χ3v) is 6.24. The third kappa shape index (κ3) is 10.6. The molecule has 0 heterocycles.